The molecule has 0 aromatic heterocycles. The van der Waals surface area contributed by atoms with Gasteiger partial charge in [0, 0.05) is 11.8 Å². The van der Waals surface area contributed by atoms with Crippen LogP contribution in [0.2, 0.25) is 0 Å². The molecule has 4 heteroatoms. The zero-order chi connectivity index (χ0) is 13.6. The van der Waals surface area contributed by atoms with Crippen molar-refractivity contribution in [1.82, 2.24) is 5.32 Å². The predicted molar refractivity (Wildman–Crippen MR) is 78.0 cm³/mol. The summed E-state index contributed by atoms with van der Waals surface area (Å²) in [4.78, 5) is 12.2. The predicted octanol–water partition coefficient (Wildman–Crippen LogP) is 2.84. The quantitative estimate of drug-likeness (QED) is 0.518. The highest BCUT2D eigenvalue weighted by Gasteiger charge is 2.51. The zero-order valence-corrected chi connectivity index (χ0v) is 12.9. The van der Waals surface area contributed by atoms with Crippen LogP contribution in [0.3, 0.4) is 0 Å². The summed E-state index contributed by atoms with van der Waals surface area (Å²) >= 11 is 1.88. The Morgan fingerprint density at radius 3 is 2.61 bits per heavy atom. The van der Waals surface area contributed by atoms with Crippen LogP contribution in [0.1, 0.15) is 46.5 Å². The first-order valence-electron chi connectivity index (χ1n) is 7.00. The molecule has 1 aliphatic carbocycles. The van der Waals surface area contributed by atoms with Gasteiger partial charge in [-0.05, 0) is 44.8 Å². The molecule has 1 fully saturated rings. The van der Waals surface area contributed by atoms with E-state index in [1.165, 1.54) is 20.0 Å². The number of carbonyl (C=O) groups excluding carboxylic acids is 1. The highest BCUT2D eigenvalue weighted by molar-refractivity contribution is 7.99. The minimum atomic E-state index is -0.457. The molecule has 106 valence electrons. The fourth-order valence-corrected chi connectivity index (χ4v) is 3.71. The third-order valence-corrected chi connectivity index (χ3v) is 4.58. The maximum Gasteiger partial charge on any atom is 0.327 e. The van der Waals surface area contributed by atoms with E-state index in [-0.39, 0.29) is 5.97 Å². The number of carbonyl (C=O) groups is 1. The lowest BCUT2D eigenvalue weighted by Crippen LogP contribution is -2.59. The molecule has 1 aliphatic rings. The maximum absolute atomic E-state index is 12.2. The van der Waals surface area contributed by atoms with E-state index in [0.717, 1.165) is 24.3 Å². The molecule has 1 unspecified atom stereocenters. The number of unbranched alkanes of at least 4 members (excludes halogenated alkanes) is 1. The van der Waals surface area contributed by atoms with Crippen molar-refractivity contribution in [1.29, 1.82) is 0 Å². The zero-order valence-electron chi connectivity index (χ0n) is 12.1. The van der Waals surface area contributed by atoms with E-state index in [0.29, 0.717) is 12.0 Å². The van der Waals surface area contributed by atoms with E-state index in [4.69, 9.17) is 4.74 Å². The second-order valence-corrected chi connectivity index (χ2v) is 6.55. The van der Waals surface area contributed by atoms with Crippen LogP contribution >= 0.6 is 11.8 Å². The van der Waals surface area contributed by atoms with Crippen LogP contribution in [0.25, 0.3) is 0 Å². The van der Waals surface area contributed by atoms with Gasteiger partial charge in [-0.15, -0.1) is 0 Å². The normalized spacial score (nSPS) is 18.7. The van der Waals surface area contributed by atoms with Crippen molar-refractivity contribution >= 4 is 17.7 Å². The molecule has 0 spiro atoms. The Morgan fingerprint density at radius 1 is 1.50 bits per heavy atom. The standard InChI is InChI=1S/C14H27NO2S/c1-5-6-9-18-10-14(12-7-8-12,13(16)17-4)15-11(2)3/h11-12,15H,5-10H2,1-4H3. The minimum absolute atomic E-state index is 0.0808. The Balaban J connectivity index is 2.67. The van der Waals surface area contributed by atoms with Crippen LogP contribution in [0.5, 0.6) is 0 Å². The van der Waals surface area contributed by atoms with Gasteiger partial charge in [-0.2, -0.15) is 11.8 Å². The Hall–Kier alpha value is -0.220. The lowest BCUT2D eigenvalue weighted by molar-refractivity contribution is -0.148. The van der Waals surface area contributed by atoms with E-state index in [1.807, 2.05) is 11.8 Å². The van der Waals surface area contributed by atoms with Crippen molar-refractivity contribution < 1.29 is 9.53 Å². The molecule has 0 amide bonds. The highest BCUT2D eigenvalue weighted by Crippen LogP contribution is 2.42. The van der Waals surface area contributed by atoms with Crippen LogP contribution in [-0.2, 0) is 9.53 Å². The number of hydrogen-bond donors (Lipinski definition) is 1. The van der Waals surface area contributed by atoms with Crippen molar-refractivity contribution in [2.75, 3.05) is 18.6 Å². The maximum atomic E-state index is 12.2. The van der Waals surface area contributed by atoms with E-state index >= 15 is 0 Å². The molecule has 0 aliphatic heterocycles. The first kappa shape index (κ1) is 15.8. The third kappa shape index (κ3) is 4.16. The van der Waals surface area contributed by atoms with Crippen LogP contribution in [0, 0.1) is 5.92 Å². The van der Waals surface area contributed by atoms with Crippen molar-refractivity contribution in [3.05, 3.63) is 0 Å². The number of ether oxygens (including phenoxy) is 1. The number of methoxy groups -OCH3 is 1. The van der Waals surface area contributed by atoms with E-state index in [9.17, 15) is 4.79 Å². The van der Waals surface area contributed by atoms with Gasteiger partial charge in [0.05, 0.1) is 7.11 Å². The number of hydrogen-bond acceptors (Lipinski definition) is 4. The molecule has 0 radical (unpaired) electrons. The topological polar surface area (TPSA) is 38.3 Å². The molecule has 1 rings (SSSR count). The third-order valence-electron chi connectivity index (χ3n) is 3.34. The Bertz CT molecular complexity index is 267. The monoisotopic (exact) mass is 273 g/mol. The lowest BCUT2D eigenvalue weighted by atomic mass is 9.94. The SMILES string of the molecule is CCCCSCC(NC(C)C)(C(=O)OC)C1CC1. The average molecular weight is 273 g/mol. The van der Waals surface area contributed by atoms with Gasteiger partial charge in [0.1, 0.15) is 5.54 Å². The number of nitrogens with one attached hydrogen (secondary N) is 1. The summed E-state index contributed by atoms with van der Waals surface area (Å²) in [6, 6.07) is 0.302. The summed E-state index contributed by atoms with van der Waals surface area (Å²) in [6.45, 7) is 6.38. The minimum Gasteiger partial charge on any atom is -0.468 e. The number of esters is 1. The fraction of sp³-hybridized carbons (Fsp3) is 0.929. The van der Waals surface area contributed by atoms with E-state index in [2.05, 4.69) is 26.1 Å². The smallest absolute Gasteiger partial charge is 0.327 e. The first-order chi connectivity index (χ1) is 8.56. The number of thioether (sulfide) groups is 1. The summed E-state index contributed by atoms with van der Waals surface area (Å²) in [7, 11) is 1.50. The molecule has 0 saturated heterocycles. The molecule has 0 bridgehead atoms. The van der Waals surface area contributed by atoms with Crippen molar-refractivity contribution in [2.45, 2.75) is 58.0 Å². The first-order valence-corrected chi connectivity index (χ1v) is 8.16. The molecule has 0 aromatic carbocycles. The van der Waals surface area contributed by atoms with Crippen molar-refractivity contribution in [2.24, 2.45) is 5.92 Å². The molecule has 0 aromatic rings. The van der Waals surface area contributed by atoms with Gasteiger partial charge in [-0.3, -0.25) is 10.1 Å². The molecule has 1 atom stereocenters. The fourth-order valence-electron chi connectivity index (χ4n) is 2.31. The summed E-state index contributed by atoms with van der Waals surface area (Å²) in [5.41, 5.74) is -0.457. The van der Waals surface area contributed by atoms with Gasteiger partial charge >= 0.3 is 5.97 Å². The van der Waals surface area contributed by atoms with Crippen LogP contribution < -0.4 is 5.32 Å². The van der Waals surface area contributed by atoms with Gasteiger partial charge in [-0.25, -0.2) is 0 Å². The Labute approximate surface area is 115 Å². The molecule has 3 nitrogen and oxygen atoms in total. The molecule has 1 N–H and O–H groups in total. The molecule has 18 heavy (non-hydrogen) atoms. The van der Waals surface area contributed by atoms with E-state index in [1.54, 1.807) is 0 Å². The van der Waals surface area contributed by atoms with Crippen molar-refractivity contribution in [3.63, 3.8) is 0 Å². The summed E-state index contributed by atoms with van der Waals surface area (Å²) in [5.74, 6) is 2.34. The summed E-state index contributed by atoms with van der Waals surface area (Å²) in [5, 5.41) is 3.49. The average Bonchev–Trinajstić information content (AvgIpc) is 3.16. The van der Waals surface area contributed by atoms with E-state index < -0.39 is 5.54 Å². The van der Waals surface area contributed by atoms with Crippen LogP contribution in [0.15, 0.2) is 0 Å². The molecular weight excluding hydrogens is 246 g/mol. The molecule has 1 saturated carbocycles. The summed E-state index contributed by atoms with van der Waals surface area (Å²) < 4.78 is 5.06. The molecule has 0 heterocycles. The lowest BCUT2D eigenvalue weighted by Gasteiger charge is -2.34. The van der Waals surface area contributed by atoms with Crippen LogP contribution in [0.4, 0.5) is 0 Å². The van der Waals surface area contributed by atoms with Crippen LogP contribution in [-0.4, -0.2) is 36.2 Å². The van der Waals surface area contributed by atoms with Gasteiger partial charge in [0.15, 0.2) is 0 Å². The van der Waals surface area contributed by atoms with Gasteiger partial charge in [-0.1, -0.05) is 13.3 Å². The van der Waals surface area contributed by atoms with Gasteiger partial charge in [0.25, 0.3) is 0 Å². The second-order valence-electron chi connectivity index (χ2n) is 5.44. The highest BCUT2D eigenvalue weighted by atomic mass is 32.2. The second kappa shape index (κ2) is 7.39. The van der Waals surface area contributed by atoms with Gasteiger partial charge < -0.3 is 4.74 Å². The van der Waals surface area contributed by atoms with Gasteiger partial charge in [0.2, 0.25) is 0 Å². The van der Waals surface area contributed by atoms with Crippen molar-refractivity contribution in [3.8, 4) is 0 Å². The Kier molecular flexibility index (Phi) is 6.50. The molecular formula is C14H27NO2S. The largest absolute Gasteiger partial charge is 0.468 e. The summed E-state index contributed by atoms with van der Waals surface area (Å²) in [6.07, 6.45) is 4.71. The number of rotatable bonds is 9. The Morgan fingerprint density at radius 2 is 2.17 bits per heavy atom.